The lowest BCUT2D eigenvalue weighted by atomic mass is 10.1. The second kappa shape index (κ2) is 16.2. The smallest absolute Gasteiger partial charge is 0.472 e. The molecule has 0 saturated carbocycles. The number of benzene rings is 1. The third-order valence-electron chi connectivity index (χ3n) is 4.49. The molecule has 34 heavy (non-hydrogen) atoms. The maximum atomic E-state index is 12.2. The van der Waals surface area contributed by atoms with E-state index in [1.807, 2.05) is 21.1 Å². The highest BCUT2D eigenvalue weighted by Gasteiger charge is 2.31. The van der Waals surface area contributed by atoms with Crippen molar-refractivity contribution in [3.05, 3.63) is 27.2 Å². The number of phosphoric acid groups is 1. The Bertz CT molecular complexity index is 807. The number of ether oxygens (including phenoxy) is 1. The van der Waals surface area contributed by atoms with Crippen molar-refractivity contribution in [1.29, 1.82) is 0 Å². The minimum atomic E-state index is -4.32. The van der Waals surface area contributed by atoms with Crippen LogP contribution in [0.2, 0.25) is 15.1 Å². The number of hydrogen-bond acceptors (Lipinski definition) is 6. The van der Waals surface area contributed by atoms with Crippen LogP contribution < -0.4 is 4.74 Å². The molecule has 3 N–H and O–H groups in total. The summed E-state index contributed by atoms with van der Waals surface area (Å²) < 4.78 is 28.3. The van der Waals surface area contributed by atoms with Gasteiger partial charge in [-0.15, -0.1) is 0 Å². The van der Waals surface area contributed by atoms with E-state index in [0.717, 1.165) is 32.1 Å². The number of halogens is 3. The largest absolute Gasteiger partial charge is 0.870 e. The average Bonchev–Trinajstić information content (AvgIpc) is 2.66. The Morgan fingerprint density at radius 2 is 1.56 bits per heavy atom. The van der Waals surface area contributed by atoms with E-state index in [0.29, 0.717) is 33.3 Å². The maximum absolute atomic E-state index is 12.2. The van der Waals surface area contributed by atoms with E-state index < -0.39 is 19.9 Å². The lowest BCUT2D eigenvalue weighted by molar-refractivity contribution is -0.873. The highest BCUT2D eigenvalue weighted by molar-refractivity contribution is 7.47. The van der Waals surface area contributed by atoms with Crippen molar-refractivity contribution in [1.82, 2.24) is 0 Å². The Hall–Kier alpha value is -0.610. The number of phosphoric ester groups is 1. The number of carbonyl (C=O) groups is 1. The lowest BCUT2D eigenvalue weighted by Crippen LogP contribution is -2.42. The number of quaternary nitrogens is 1. The molecule has 0 aromatic heterocycles. The summed E-state index contributed by atoms with van der Waals surface area (Å²) in [5.74, 6) is -0.593. The monoisotopic (exact) mass is 565 g/mol. The van der Waals surface area contributed by atoms with Crippen LogP contribution in [0.5, 0.6) is 5.75 Å². The van der Waals surface area contributed by atoms with Gasteiger partial charge in [-0.25, -0.2) is 4.57 Å². The molecule has 1 aromatic carbocycles. The molecule has 0 aliphatic carbocycles. The summed E-state index contributed by atoms with van der Waals surface area (Å²) in [4.78, 5) is 20.9. The topological polar surface area (TPSA) is 132 Å². The molecule has 1 aromatic rings. The molecule has 1 rings (SSSR count). The van der Waals surface area contributed by atoms with Crippen molar-refractivity contribution in [2.24, 2.45) is 0 Å². The second-order valence-electron chi connectivity index (χ2n) is 8.74. The van der Waals surface area contributed by atoms with Crippen molar-refractivity contribution in [2.45, 2.75) is 51.0 Å². The van der Waals surface area contributed by atoms with Crippen LogP contribution in [-0.4, -0.2) is 72.9 Å². The predicted octanol–water partition coefficient (Wildman–Crippen LogP) is 5.87. The number of carboxylic acids is 1. The fourth-order valence-electron chi connectivity index (χ4n) is 3.05. The first kappa shape index (κ1) is 33.4. The molecular weight excluding hydrogens is 532 g/mol. The summed E-state index contributed by atoms with van der Waals surface area (Å²) in [7, 11) is 1.21. The van der Waals surface area contributed by atoms with Gasteiger partial charge in [0.05, 0.1) is 50.8 Å². The predicted molar refractivity (Wildman–Crippen MR) is 132 cm³/mol. The number of aliphatic carboxylic acids is 1. The first-order valence-electron chi connectivity index (χ1n) is 10.7. The SMILES string of the molecule is C[N+](C)(C)CC(CC(=O)O)OP(=O)(O)OCCCCCCCCOc1ccc(Cl)c(Cl)c1Cl.[OH-]. The standard InChI is InChI=1S/C21H33Cl3NO7P.H2O/c1-25(2,3)15-16(14-19(26)27)32-33(28,29)31-13-9-7-5-4-6-8-12-30-18-11-10-17(22)20(23)21(18)24;/h10-11,16H,4-9,12-15H2,1-3H3,(H-,26,27,28,29);1H2. The van der Waals surface area contributed by atoms with Gasteiger partial charge < -0.3 is 24.7 Å². The van der Waals surface area contributed by atoms with E-state index in [2.05, 4.69) is 0 Å². The van der Waals surface area contributed by atoms with Crippen molar-refractivity contribution in [3.8, 4) is 5.75 Å². The Morgan fingerprint density at radius 3 is 2.12 bits per heavy atom. The van der Waals surface area contributed by atoms with Crippen molar-refractivity contribution >= 4 is 48.6 Å². The van der Waals surface area contributed by atoms with Crippen molar-refractivity contribution in [3.63, 3.8) is 0 Å². The van der Waals surface area contributed by atoms with Crippen LogP contribution in [0.1, 0.15) is 44.9 Å². The molecule has 0 amide bonds. The van der Waals surface area contributed by atoms with E-state index in [1.165, 1.54) is 0 Å². The molecule has 0 spiro atoms. The molecule has 0 aliphatic heterocycles. The van der Waals surface area contributed by atoms with E-state index in [1.54, 1.807) is 12.1 Å². The second-order valence-corrected chi connectivity index (χ2v) is 11.3. The van der Waals surface area contributed by atoms with Gasteiger partial charge in [-0.2, -0.15) is 0 Å². The molecule has 0 fully saturated rings. The zero-order valence-electron chi connectivity index (χ0n) is 19.7. The Labute approximate surface area is 216 Å². The fourth-order valence-corrected chi connectivity index (χ4v) is 4.57. The molecule has 198 valence electrons. The summed E-state index contributed by atoms with van der Waals surface area (Å²) in [6, 6.07) is 3.33. The first-order chi connectivity index (χ1) is 15.3. The third-order valence-corrected chi connectivity index (χ3v) is 6.84. The van der Waals surface area contributed by atoms with Gasteiger partial charge in [0, 0.05) is 0 Å². The quantitative estimate of drug-likeness (QED) is 0.103. The number of likely N-dealkylation sites (N-methyl/N-ethyl adjacent to an activating group) is 1. The van der Waals surface area contributed by atoms with Gasteiger partial charge in [0.1, 0.15) is 23.4 Å². The molecule has 13 heteroatoms. The minimum absolute atomic E-state index is 0. The van der Waals surface area contributed by atoms with Crippen molar-refractivity contribution in [2.75, 3.05) is 40.9 Å². The Morgan fingerprint density at radius 1 is 1.00 bits per heavy atom. The molecule has 2 atom stereocenters. The molecule has 0 saturated heterocycles. The van der Waals surface area contributed by atoms with E-state index in [9.17, 15) is 14.3 Å². The average molecular weight is 567 g/mol. The van der Waals surface area contributed by atoms with Gasteiger partial charge >= 0.3 is 13.8 Å². The van der Waals surface area contributed by atoms with Crippen LogP contribution in [0.25, 0.3) is 0 Å². The van der Waals surface area contributed by atoms with Gasteiger partial charge in [-0.1, -0.05) is 60.5 Å². The third kappa shape index (κ3) is 14.7. The number of carboxylic acid groups (broad SMARTS) is 1. The molecule has 2 unspecified atom stereocenters. The first-order valence-corrected chi connectivity index (χ1v) is 13.4. The van der Waals surface area contributed by atoms with Gasteiger partial charge in [0.25, 0.3) is 0 Å². The maximum Gasteiger partial charge on any atom is 0.472 e. The summed E-state index contributed by atoms with van der Waals surface area (Å²) in [6.07, 6.45) is 3.88. The Balaban J connectivity index is 0.0000109. The summed E-state index contributed by atoms with van der Waals surface area (Å²) >= 11 is 18.0. The summed E-state index contributed by atoms with van der Waals surface area (Å²) in [6.45, 7) is 0.842. The molecule has 9 nitrogen and oxygen atoms in total. The normalized spacial score (nSPS) is 14.2. The highest BCUT2D eigenvalue weighted by Crippen LogP contribution is 2.45. The van der Waals surface area contributed by atoms with Crippen LogP contribution >= 0.6 is 42.6 Å². The van der Waals surface area contributed by atoms with E-state index in [-0.39, 0.29) is 30.1 Å². The van der Waals surface area contributed by atoms with Crippen LogP contribution in [0.4, 0.5) is 0 Å². The molecule has 0 bridgehead atoms. The van der Waals surface area contributed by atoms with Gasteiger partial charge in [0.15, 0.2) is 0 Å². The van der Waals surface area contributed by atoms with Gasteiger partial charge in [0.2, 0.25) is 0 Å². The zero-order chi connectivity index (χ0) is 25.1. The van der Waals surface area contributed by atoms with Crippen molar-refractivity contribution < 1.29 is 43.1 Å². The number of rotatable bonds is 17. The van der Waals surface area contributed by atoms with Crippen LogP contribution in [0.15, 0.2) is 12.1 Å². The molecule has 0 radical (unpaired) electrons. The molecule has 0 aliphatic rings. The van der Waals surface area contributed by atoms with Gasteiger partial charge in [-0.3, -0.25) is 13.8 Å². The fraction of sp³-hybridized carbons (Fsp3) is 0.667. The lowest BCUT2D eigenvalue weighted by Gasteiger charge is -2.29. The number of nitrogens with zero attached hydrogens (tertiary/aromatic N) is 1. The summed E-state index contributed by atoms with van der Waals surface area (Å²) in [5.41, 5.74) is 0. The zero-order valence-corrected chi connectivity index (χ0v) is 22.9. The Kier molecular flexibility index (Phi) is 15.9. The number of unbranched alkanes of at least 4 members (excludes halogenated alkanes) is 5. The summed E-state index contributed by atoms with van der Waals surface area (Å²) in [5, 5.41) is 9.96. The molecule has 0 heterocycles. The van der Waals surface area contributed by atoms with Crippen LogP contribution in [0, 0.1) is 0 Å². The highest BCUT2D eigenvalue weighted by atomic mass is 35.5. The van der Waals surface area contributed by atoms with E-state index >= 15 is 0 Å². The van der Waals surface area contributed by atoms with E-state index in [4.69, 9.17) is 53.7 Å². The molecular formula is C21H35Cl3NO8P. The van der Waals surface area contributed by atoms with Crippen LogP contribution in [-0.2, 0) is 18.4 Å². The number of hydrogen-bond donors (Lipinski definition) is 2. The minimum Gasteiger partial charge on any atom is -0.870 e. The van der Waals surface area contributed by atoms with Crippen LogP contribution in [0.3, 0.4) is 0 Å². The van der Waals surface area contributed by atoms with Gasteiger partial charge in [-0.05, 0) is 25.0 Å².